The Hall–Kier alpha value is -2.17. The highest BCUT2D eigenvalue weighted by molar-refractivity contribution is 7.10. The molecule has 1 aliphatic rings. The number of nitrogens with zero attached hydrogens (tertiary/aromatic N) is 1. The third-order valence-electron chi connectivity index (χ3n) is 5.12. The summed E-state index contributed by atoms with van der Waals surface area (Å²) < 4.78 is 0. The highest BCUT2D eigenvalue weighted by Gasteiger charge is 2.24. The van der Waals surface area contributed by atoms with Gasteiger partial charge in [-0.15, -0.1) is 11.3 Å². The first-order valence-corrected chi connectivity index (χ1v) is 10.2. The Morgan fingerprint density at radius 3 is 2.62 bits per heavy atom. The van der Waals surface area contributed by atoms with Gasteiger partial charge in [-0.1, -0.05) is 48.5 Å². The highest BCUT2D eigenvalue weighted by atomic mass is 32.1. The summed E-state index contributed by atoms with van der Waals surface area (Å²) in [6, 6.07) is 19.1. The Balaban J connectivity index is 1.39. The lowest BCUT2D eigenvalue weighted by Gasteiger charge is -2.27. The topological polar surface area (TPSA) is 32.3 Å². The maximum atomic E-state index is 12.5. The second-order valence-electron chi connectivity index (χ2n) is 6.94. The molecule has 0 aliphatic carbocycles. The average Bonchev–Trinajstić information content (AvgIpc) is 3.36. The van der Waals surface area contributed by atoms with Crippen LogP contribution >= 0.6 is 11.3 Å². The molecule has 1 N–H and O–H groups in total. The van der Waals surface area contributed by atoms with Gasteiger partial charge >= 0.3 is 0 Å². The van der Waals surface area contributed by atoms with Gasteiger partial charge in [0.25, 0.3) is 0 Å². The fraction of sp³-hybridized carbons (Fsp3) is 0.318. The Morgan fingerprint density at radius 1 is 1.04 bits per heavy atom. The molecule has 2 aromatic carbocycles. The summed E-state index contributed by atoms with van der Waals surface area (Å²) in [6.45, 7) is 2.94. The third kappa shape index (κ3) is 3.97. The van der Waals surface area contributed by atoms with Gasteiger partial charge in [0.2, 0.25) is 5.91 Å². The highest BCUT2D eigenvalue weighted by Crippen LogP contribution is 2.27. The minimum Gasteiger partial charge on any atom is -0.354 e. The van der Waals surface area contributed by atoms with Crippen LogP contribution in [0.1, 0.15) is 29.3 Å². The molecule has 1 atom stereocenters. The van der Waals surface area contributed by atoms with E-state index in [4.69, 9.17) is 0 Å². The van der Waals surface area contributed by atoms with Crippen LogP contribution in [0.2, 0.25) is 0 Å². The van der Waals surface area contributed by atoms with E-state index in [9.17, 15) is 4.79 Å². The van der Waals surface area contributed by atoms with Gasteiger partial charge in [0, 0.05) is 11.4 Å². The zero-order valence-corrected chi connectivity index (χ0v) is 15.7. The van der Waals surface area contributed by atoms with Gasteiger partial charge < -0.3 is 5.32 Å². The molecule has 1 aromatic heterocycles. The SMILES string of the molecule is O=C(Cc1ccc2ccccc2c1)NC[C@@H](c1cccs1)N1CCCC1. The fourth-order valence-electron chi connectivity index (χ4n) is 3.75. The smallest absolute Gasteiger partial charge is 0.224 e. The van der Waals surface area contributed by atoms with Crippen LogP contribution in [0.25, 0.3) is 10.8 Å². The summed E-state index contributed by atoms with van der Waals surface area (Å²) in [4.78, 5) is 16.4. The van der Waals surface area contributed by atoms with Crippen molar-refractivity contribution < 1.29 is 4.79 Å². The molecule has 0 saturated carbocycles. The number of benzene rings is 2. The molecule has 0 bridgehead atoms. The maximum absolute atomic E-state index is 12.5. The van der Waals surface area contributed by atoms with Crippen molar-refractivity contribution in [3.05, 3.63) is 70.4 Å². The van der Waals surface area contributed by atoms with Crippen LogP contribution in [0, 0.1) is 0 Å². The first-order valence-electron chi connectivity index (χ1n) is 9.31. The molecule has 3 aromatic rings. The number of thiophene rings is 1. The number of hydrogen-bond donors (Lipinski definition) is 1. The summed E-state index contributed by atoms with van der Waals surface area (Å²) in [5, 5.41) is 7.69. The molecule has 4 heteroatoms. The van der Waals surface area contributed by atoms with E-state index in [0.717, 1.165) is 18.7 Å². The lowest BCUT2D eigenvalue weighted by molar-refractivity contribution is -0.120. The second kappa shape index (κ2) is 8.02. The number of carbonyl (C=O) groups is 1. The first-order chi connectivity index (χ1) is 12.8. The van der Waals surface area contributed by atoms with Gasteiger partial charge in [-0.05, 0) is 53.7 Å². The van der Waals surface area contributed by atoms with Crippen LogP contribution in [0.3, 0.4) is 0 Å². The van der Waals surface area contributed by atoms with E-state index in [-0.39, 0.29) is 5.91 Å². The number of nitrogens with one attached hydrogen (secondary N) is 1. The molecule has 0 unspecified atom stereocenters. The lowest BCUT2D eigenvalue weighted by atomic mass is 10.0. The van der Waals surface area contributed by atoms with E-state index in [1.807, 2.05) is 12.1 Å². The first kappa shape index (κ1) is 17.3. The number of amides is 1. The van der Waals surface area contributed by atoms with Crippen LogP contribution in [-0.2, 0) is 11.2 Å². The van der Waals surface area contributed by atoms with Crippen molar-refractivity contribution in [1.82, 2.24) is 10.2 Å². The van der Waals surface area contributed by atoms with Gasteiger partial charge in [-0.25, -0.2) is 0 Å². The minimum atomic E-state index is 0.0982. The number of hydrogen-bond acceptors (Lipinski definition) is 3. The third-order valence-corrected chi connectivity index (χ3v) is 6.10. The van der Waals surface area contributed by atoms with Crippen molar-refractivity contribution in [3.63, 3.8) is 0 Å². The van der Waals surface area contributed by atoms with Crippen molar-refractivity contribution in [3.8, 4) is 0 Å². The summed E-state index contributed by atoms with van der Waals surface area (Å²) in [5.41, 5.74) is 1.06. The van der Waals surface area contributed by atoms with Crippen LogP contribution in [0.15, 0.2) is 60.0 Å². The molecule has 2 heterocycles. The van der Waals surface area contributed by atoms with Crippen molar-refractivity contribution in [2.75, 3.05) is 19.6 Å². The number of carbonyl (C=O) groups excluding carboxylic acids is 1. The van der Waals surface area contributed by atoms with Gasteiger partial charge in [0.05, 0.1) is 12.5 Å². The number of likely N-dealkylation sites (tertiary alicyclic amines) is 1. The monoisotopic (exact) mass is 364 g/mol. The summed E-state index contributed by atoms with van der Waals surface area (Å²) in [7, 11) is 0. The zero-order valence-electron chi connectivity index (χ0n) is 14.9. The van der Waals surface area contributed by atoms with Crippen LogP contribution in [0.5, 0.6) is 0 Å². The molecule has 1 fully saturated rings. The van der Waals surface area contributed by atoms with E-state index in [1.54, 1.807) is 11.3 Å². The molecular weight excluding hydrogens is 340 g/mol. The largest absolute Gasteiger partial charge is 0.354 e. The van der Waals surface area contributed by atoms with E-state index >= 15 is 0 Å². The second-order valence-corrected chi connectivity index (χ2v) is 7.92. The normalized spacial score (nSPS) is 16.0. The van der Waals surface area contributed by atoms with Crippen molar-refractivity contribution in [1.29, 1.82) is 0 Å². The van der Waals surface area contributed by atoms with Crippen LogP contribution in [0.4, 0.5) is 0 Å². The molecule has 0 spiro atoms. The molecule has 0 radical (unpaired) electrons. The van der Waals surface area contributed by atoms with Crippen LogP contribution < -0.4 is 5.32 Å². The van der Waals surface area contributed by atoms with Gasteiger partial charge in [0.15, 0.2) is 0 Å². The summed E-state index contributed by atoms with van der Waals surface area (Å²) in [5.74, 6) is 0.0982. The molecule has 26 heavy (non-hydrogen) atoms. The average molecular weight is 365 g/mol. The summed E-state index contributed by atoms with van der Waals surface area (Å²) >= 11 is 1.78. The van der Waals surface area contributed by atoms with Crippen LogP contribution in [-0.4, -0.2) is 30.4 Å². The Labute approximate surface area is 158 Å². The Morgan fingerprint density at radius 2 is 1.85 bits per heavy atom. The standard InChI is InChI=1S/C22H24N2OS/c25-22(15-17-9-10-18-6-1-2-7-19(18)14-17)23-16-20(21-8-5-13-26-21)24-11-3-4-12-24/h1-2,5-10,13-14,20H,3-4,11-12,15-16H2,(H,23,25)/t20-/m0/s1. The van der Waals surface area contributed by atoms with Crippen molar-refractivity contribution >= 4 is 28.0 Å². The molecule has 3 nitrogen and oxygen atoms in total. The Bertz CT molecular complexity index is 869. The Kier molecular flexibility index (Phi) is 5.32. The quantitative estimate of drug-likeness (QED) is 0.703. The molecular formula is C22H24N2OS. The summed E-state index contributed by atoms with van der Waals surface area (Å²) in [6.07, 6.45) is 2.95. The number of rotatable bonds is 6. The minimum absolute atomic E-state index is 0.0982. The molecule has 1 amide bonds. The predicted octanol–water partition coefficient (Wildman–Crippen LogP) is 4.40. The van der Waals surface area contributed by atoms with Gasteiger partial charge in [-0.3, -0.25) is 9.69 Å². The fourth-order valence-corrected chi connectivity index (χ4v) is 4.61. The van der Waals surface area contributed by atoms with E-state index in [2.05, 4.69) is 58.1 Å². The molecule has 1 aliphatic heterocycles. The molecule has 134 valence electrons. The zero-order chi connectivity index (χ0) is 17.8. The maximum Gasteiger partial charge on any atom is 0.224 e. The predicted molar refractivity (Wildman–Crippen MR) is 109 cm³/mol. The molecule has 1 saturated heterocycles. The molecule has 4 rings (SSSR count). The van der Waals surface area contributed by atoms with Gasteiger partial charge in [-0.2, -0.15) is 0 Å². The lowest BCUT2D eigenvalue weighted by Crippen LogP contribution is -2.37. The van der Waals surface area contributed by atoms with Crippen molar-refractivity contribution in [2.24, 2.45) is 0 Å². The van der Waals surface area contributed by atoms with Gasteiger partial charge in [0.1, 0.15) is 0 Å². The van der Waals surface area contributed by atoms with E-state index in [1.165, 1.54) is 28.5 Å². The van der Waals surface area contributed by atoms with Crippen molar-refractivity contribution in [2.45, 2.75) is 25.3 Å². The van der Waals surface area contributed by atoms with E-state index < -0.39 is 0 Å². The number of fused-ring (bicyclic) bond motifs is 1. The van der Waals surface area contributed by atoms with E-state index in [0.29, 0.717) is 19.0 Å².